The Morgan fingerprint density at radius 1 is 1.00 bits per heavy atom. The van der Waals surface area contributed by atoms with Gasteiger partial charge in [0.15, 0.2) is 5.78 Å². The van der Waals surface area contributed by atoms with Gasteiger partial charge in [-0.1, -0.05) is 38.1 Å². The van der Waals surface area contributed by atoms with Crippen LogP contribution in [0.4, 0.5) is 0 Å². The first-order valence-corrected chi connectivity index (χ1v) is 7.46. The molecule has 1 aromatic rings. The molecule has 0 fully saturated rings. The van der Waals surface area contributed by atoms with Crippen molar-refractivity contribution >= 4 is 11.7 Å². The number of nitrogens with zero attached hydrogens (tertiary/aromatic N) is 1. The van der Waals surface area contributed by atoms with Gasteiger partial charge in [0.05, 0.1) is 0 Å². The largest absolute Gasteiger partial charge is 0.343 e. The normalized spacial score (nSPS) is 10.3. The first kappa shape index (κ1) is 16.4. The van der Waals surface area contributed by atoms with E-state index < -0.39 is 0 Å². The lowest BCUT2D eigenvalue weighted by molar-refractivity contribution is -0.131. The maximum absolute atomic E-state index is 12.1. The molecule has 0 N–H and O–H groups in total. The fraction of sp³-hybridized carbons (Fsp3) is 0.529. The summed E-state index contributed by atoms with van der Waals surface area (Å²) in [5, 5.41) is 0. The quantitative estimate of drug-likeness (QED) is 0.680. The topological polar surface area (TPSA) is 37.4 Å². The Hall–Kier alpha value is -1.64. The molecule has 3 heteroatoms. The van der Waals surface area contributed by atoms with E-state index in [1.165, 1.54) is 0 Å². The van der Waals surface area contributed by atoms with E-state index in [1.54, 1.807) is 0 Å². The third-order valence-electron chi connectivity index (χ3n) is 3.35. The van der Waals surface area contributed by atoms with Gasteiger partial charge in [0.25, 0.3) is 0 Å². The van der Waals surface area contributed by atoms with Crippen LogP contribution in [0.1, 0.15) is 55.5 Å². The van der Waals surface area contributed by atoms with Crippen LogP contribution in [0.25, 0.3) is 0 Å². The highest BCUT2D eigenvalue weighted by molar-refractivity contribution is 5.99. The van der Waals surface area contributed by atoms with Crippen LogP contribution in [0.15, 0.2) is 24.3 Å². The lowest BCUT2D eigenvalue weighted by Crippen LogP contribution is -2.32. The minimum Gasteiger partial charge on any atom is -0.343 e. The Balaban J connectivity index is 2.55. The highest BCUT2D eigenvalue weighted by atomic mass is 16.2. The molecule has 0 bridgehead atoms. The van der Waals surface area contributed by atoms with Crippen LogP contribution in [-0.2, 0) is 4.79 Å². The van der Waals surface area contributed by atoms with Gasteiger partial charge in [-0.15, -0.1) is 0 Å². The monoisotopic (exact) mass is 275 g/mol. The Morgan fingerprint density at radius 3 is 2.15 bits per heavy atom. The second kappa shape index (κ2) is 8.51. The lowest BCUT2D eigenvalue weighted by atomic mass is 10.0. The molecule has 0 aliphatic rings. The summed E-state index contributed by atoms with van der Waals surface area (Å²) >= 11 is 0. The Kier molecular flexibility index (Phi) is 6.99. The zero-order valence-corrected chi connectivity index (χ0v) is 12.8. The van der Waals surface area contributed by atoms with E-state index in [0.29, 0.717) is 12.8 Å². The van der Waals surface area contributed by atoms with Gasteiger partial charge in [-0.3, -0.25) is 9.59 Å². The number of rotatable bonds is 8. The van der Waals surface area contributed by atoms with E-state index >= 15 is 0 Å². The number of carbonyl (C=O) groups excluding carboxylic acids is 2. The second-order valence-electron chi connectivity index (χ2n) is 5.12. The number of benzene rings is 1. The molecule has 1 amide bonds. The number of hydrogen-bond donors (Lipinski definition) is 0. The van der Waals surface area contributed by atoms with E-state index in [4.69, 9.17) is 0 Å². The van der Waals surface area contributed by atoms with Crippen LogP contribution in [0.3, 0.4) is 0 Å². The molecule has 110 valence electrons. The van der Waals surface area contributed by atoms with Crippen molar-refractivity contribution in [1.29, 1.82) is 0 Å². The molecule has 20 heavy (non-hydrogen) atoms. The molecule has 0 aliphatic carbocycles. The molecule has 1 aromatic carbocycles. The predicted octanol–water partition coefficient (Wildman–Crippen LogP) is 3.61. The molecule has 0 aliphatic heterocycles. The van der Waals surface area contributed by atoms with Gasteiger partial charge in [-0.25, -0.2) is 0 Å². The molecule has 1 rings (SSSR count). The Morgan fingerprint density at radius 2 is 1.60 bits per heavy atom. The van der Waals surface area contributed by atoms with Gasteiger partial charge >= 0.3 is 0 Å². The summed E-state index contributed by atoms with van der Waals surface area (Å²) in [5.41, 5.74) is 1.71. The van der Waals surface area contributed by atoms with Crippen LogP contribution < -0.4 is 0 Å². The summed E-state index contributed by atoms with van der Waals surface area (Å²) in [6.07, 6.45) is 2.52. The van der Waals surface area contributed by atoms with Gasteiger partial charge in [-0.05, 0) is 25.3 Å². The molecule has 0 unspecified atom stereocenters. The smallest absolute Gasteiger partial charge is 0.223 e. The van der Waals surface area contributed by atoms with Crippen LogP contribution in [0.2, 0.25) is 0 Å². The maximum Gasteiger partial charge on any atom is 0.223 e. The van der Waals surface area contributed by atoms with Crippen molar-refractivity contribution in [2.45, 2.75) is 46.5 Å². The standard InChI is InChI=1S/C17H25NO2/c1-4-12-18(13-5-2)17(20)11-10-16(19)15-9-7-6-8-14(15)3/h6-9H,4-5,10-13H2,1-3H3. The maximum atomic E-state index is 12.1. The first-order chi connectivity index (χ1) is 9.60. The summed E-state index contributed by atoms with van der Waals surface area (Å²) < 4.78 is 0. The van der Waals surface area contributed by atoms with E-state index in [9.17, 15) is 9.59 Å². The van der Waals surface area contributed by atoms with Crippen LogP contribution >= 0.6 is 0 Å². The summed E-state index contributed by atoms with van der Waals surface area (Å²) in [6.45, 7) is 7.62. The van der Waals surface area contributed by atoms with Crippen LogP contribution in [-0.4, -0.2) is 29.7 Å². The molecule has 0 saturated heterocycles. The molecule has 3 nitrogen and oxygen atoms in total. The van der Waals surface area contributed by atoms with Gasteiger partial charge < -0.3 is 4.90 Å². The Labute approximate surface area is 122 Å². The molecule has 0 saturated carbocycles. The molecule has 0 atom stereocenters. The van der Waals surface area contributed by atoms with Crippen molar-refractivity contribution in [2.75, 3.05) is 13.1 Å². The zero-order chi connectivity index (χ0) is 15.0. The number of hydrogen-bond acceptors (Lipinski definition) is 2. The number of amides is 1. The molecule has 0 aromatic heterocycles. The Bertz CT molecular complexity index is 448. The van der Waals surface area contributed by atoms with Crippen molar-refractivity contribution in [1.82, 2.24) is 4.90 Å². The first-order valence-electron chi connectivity index (χ1n) is 7.46. The highest BCUT2D eigenvalue weighted by Gasteiger charge is 2.15. The highest BCUT2D eigenvalue weighted by Crippen LogP contribution is 2.12. The fourth-order valence-electron chi connectivity index (χ4n) is 2.30. The number of Topliss-reactive ketones (excluding diaryl/α,β-unsaturated/α-hetero) is 1. The van der Waals surface area contributed by atoms with E-state index in [2.05, 4.69) is 13.8 Å². The van der Waals surface area contributed by atoms with Gasteiger partial charge in [0.1, 0.15) is 0 Å². The van der Waals surface area contributed by atoms with E-state index in [0.717, 1.165) is 37.1 Å². The third kappa shape index (κ3) is 4.80. The van der Waals surface area contributed by atoms with Crippen molar-refractivity contribution in [2.24, 2.45) is 0 Å². The van der Waals surface area contributed by atoms with Gasteiger partial charge in [0.2, 0.25) is 5.91 Å². The average molecular weight is 275 g/mol. The van der Waals surface area contributed by atoms with Crippen LogP contribution in [0, 0.1) is 6.92 Å². The summed E-state index contributed by atoms with van der Waals surface area (Å²) in [6, 6.07) is 7.54. The number of carbonyl (C=O) groups is 2. The van der Waals surface area contributed by atoms with Crippen molar-refractivity contribution < 1.29 is 9.59 Å². The summed E-state index contributed by atoms with van der Waals surface area (Å²) in [4.78, 5) is 26.1. The molecule has 0 spiro atoms. The SMILES string of the molecule is CCCN(CCC)C(=O)CCC(=O)c1ccccc1C. The van der Waals surface area contributed by atoms with Gasteiger partial charge in [-0.2, -0.15) is 0 Å². The van der Waals surface area contributed by atoms with Crippen molar-refractivity contribution in [3.8, 4) is 0 Å². The van der Waals surface area contributed by atoms with Crippen molar-refractivity contribution in [3.05, 3.63) is 35.4 Å². The predicted molar refractivity (Wildman–Crippen MR) is 81.9 cm³/mol. The zero-order valence-electron chi connectivity index (χ0n) is 12.8. The molecular weight excluding hydrogens is 250 g/mol. The average Bonchev–Trinajstić information content (AvgIpc) is 2.44. The molecular formula is C17H25NO2. The van der Waals surface area contributed by atoms with Crippen molar-refractivity contribution in [3.63, 3.8) is 0 Å². The van der Waals surface area contributed by atoms with Gasteiger partial charge in [0, 0.05) is 31.5 Å². The van der Waals surface area contributed by atoms with Crippen LogP contribution in [0.5, 0.6) is 0 Å². The minimum atomic E-state index is 0.0596. The number of aryl methyl sites for hydroxylation is 1. The third-order valence-corrected chi connectivity index (χ3v) is 3.35. The molecule has 0 heterocycles. The summed E-state index contributed by atoms with van der Waals surface area (Å²) in [7, 11) is 0. The van der Waals surface area contributed by atoms with E-state index in [1.807, 2.05) is 36.1 Å². The summed E-state index contributed by atoms with van der Waals surface area (Å²) in [5.74, 6) is 0.153. The molecule has 0 radical (unpaired) electrons. The van der Waals surface area contributed by atoms with E-state index in [-0.39, 0.29) is 11.7 Å². The minimum absolute atomic E-state index is 0.0596. The lowest BCUT2D eigenvalue weighted by Gasteiger charge is -2.21. The number of ketones is 1. The second-order valence-corrected chi connectivity index (χ2v) is 5.12. The fourth-order valence-corrected chi connectivity index (χ4v) is 2.30.